The van der Waals surface area contributed by atoms with Gasteiger partial charge in [-0.25, -0.2) is 0 Å². The minimum Gasteiger partial charge on any atom is -0.328 e. The lowest BCUT2D eigenvalue weighted by atomic mass is 9.80. The highest BCUT2D eigenvalue weighted by molar-refractivity contribution is 6.42. The molecule has 0 saturated heterocycles. The van der Waals surface area contributed by atoms with Gasteiger partial charge in [0, 0.05) is 17.6 Å². The first-order valence-electron chi connectivity index (χ1n) is 5.08. The van der Waals surface area contributed by atoms with Gasteiger partial charge in [-0.3, -0.25) is 4.79 Å². The van der Waals surface area contributed by atoms with Crippen molar-refractivity contribution in [2.75, 3.05) is 5.32 Å². The maximum Gasteiger partial charge on any atom is 0.227 e. The number of hydrogen-bond acceptors (Lipinski definition) is 2. The smallest absolute Gasteiger partial charge is 0.227 e. The maximum absolute atomic E-state index is 11.7. The molecule has 16 heavy (non-hydrogen) atoms. The number of carbonyl (C=O) groups excluding carboxylic acids is 1. The molecule has 86 valence electrons. The van der Waals surface area contributed by atoms with Crippen LogP contribution in [0.3, 0.4) is 0 Å². The van der Waals surface area contributed by atoms with Crippen molar-refractivity contribution in [3.63, 3.8) is 0 Å². The van der Waals surface area contributed by atoms with E-state index in [0.717, 1.165) is 12.8 Å². The number of halogens is 2. The van der Waals surface area contributed by atoms with Crippen molar-refractivity contribution in [1.82, 2.24) is 0 Å². The zero-order chi connectivity index (χ0) is 11.7. The molecule has 0 aliphatic heterocycles. The van der Waals surface area contributed by atoms with E-state index in [-0.39, 0.29) is 17.9 Å². The van der Waals surface area contributed by atoms with Gasteiger partial charge in [-0.15, -0.1) is 0 Å². The van der Waals surface area contributed by atoms with Crippen LogP contribution in [0, 0.1) is 5.92 Å². The van der Waals surface area contributed by atoms with Crippen LogP contribution in [0.25, 0.3) is 0 Å². The standard InChI is InChI=1S/C11H12Cl2N2O/c12-9-2-1-8(5-10(9)13)15-11(16)6-3-7(14)4-6/h1-2,5-7H,3-4,14H2,(H,15,16). The van der Waals surface area contributed by atoms with Crippen molar-refractivity contribution in [2.45, 2.75) is 18.9 Å². The Morgan fingerprint density at radius 1 is 1.31 bits per heavy atom. The van der Waals surface area contributed by atoms with Crippen LogP contribution in [0.1, 0.15) is 12.8 Å². The molecule has 0 atom stereocenters. The summed E-state index contributed by atoms with van der Waals surface area (Å²) in [6.45, 7) is 0. The third-order valence-corrected chi connectivity index (χ3v) is 3.47. The summed E-state index contributed by atoms with van der Waals surface area (Å²) in [5, 5.41) is 3.71. The van der Waals surface area contributed by atoms with E-state index in [9.17, 15) is 4.79 Å². The summed E-state index contributed by atoms with van der Waals surface area (Å²) < 4.78 is 0. The van der Waals surface area contributed by atoms with Gasteiger partial charge in [0.05, 0.1) is 10.0 Å². The minimum absolute atomic E-state index is 0.0000825. The van der Waals surface area contributed by atoms with E-state index in [1.165, 1.54) is 0 Å². The Bertz CT molecular complexity index is 416. The monoisotopic (exact) mass is 258 g/mol. The highest BCUT2D eigenvalue weighted by Gasteiger charge is 2.31. The van der Waals surface area contributed by atoms with E-state index >= 15 is 0 Å². The predicted molar refractivity (Wildman–Crippen MR) is 65.8 cm³/mol. The zero-order valence-electron chi connectivity index (χ0n) is 8.54. The van der Waals surface area contributed by atoms with Gasteiger partial charge in [0.1, 0.15) is 0 Å². The average Bonchev–Trinajstić information content (AvgIpc) is 2.19. The van der Waals surface area contributed by atoms with Crippen molar-refractivity contribution in [3.8, 4) is 0 Å². The summed E-state index contributed by atoms with van der Waals surface area (Å²) in [4.78, 5) is 11.7. The normalized spacial score (nSPS) is 23.7. The van der Waals surface area contributed by atoms with Gasteiger partial charge in [0.25, 0.3) is 0 Å². The van der Waals surface area contributed by atoms with Crippen LogP contribution in [0.4, 0.5) is 5.69 Å². The average molecular weight is 259 g/mol. The molecule has 0 radical (unpaired) electrons. The van der Waals surface area contributed by atoms with Crippen molar-refractivity contribution in [3.05, 3.63) is 28.2 Å². The predicted octanol–water partition coefficient (Wildman–Crippen LogP) is 2.67. The van der Waals surface area contributed by atoms with Crippen LogP contribution in [-0.2, 0) is 4.79 Å². The van der Waals surface area contributed by atoms with Crippen LogP contribution in [0.15, 0.2) is 18.2 Å². The number of rotatable bonds is 2. The Morgan fingerprint density at radius 3 is 2.56 bits per heavy atom. The van der Waals surface area contributed by atoms with E-state index in [4.69, 9.17) is 28.9 Å². The molecule has 0 bridgehead atoms. The highest BCUT2D eigenvalue weighted by Crippen LogP contribution is 2.29. The van der Waals surface area contributed by atoms with Crippen LogP contribution >= 0.6 is 23.2 Å². The minimum atomic E-state index is 0.0000825. The Balaban J connectivity index is 1.98. The Labute approximate surface area is 104 Å². The first kappa shape index (κ1) is 11.7. The van der Waals surface area contributed by atoms with Crippen molar-refractivity contribution >= 4 is 34.8 Å². The lowest BCUT2D eigenvalue weighted by Gasteiger charge is -2.31. The molecule has 0 heterocycles. The van der Waals surface area contributed by atoms with Gasteiger partial charge >= 0.3 is 0 Å². The van der Waals surface area contributed by atoms with E-state index in [0.29, 0.717) is 15.7 Å². The fourth-order valence-electron chi connectivity index (χ4n) is 1.69. The summed E-state index contributed by atoms with van der Waals surface area (Å²) in [6.07, 6.45) is 1.51. The SMILES string of the molecule is NC1CC(C(=O)Nc2ccc(Cl)c(Cl)c2)C1. The topological polar surface area (TPSA) is 55.1 Å². The number of anilines is 1. The van der Waals surface area contributed by atoms with E-state index in [1.54, 1.807) is 18.2 Å². The quantitative estimate of drug-likeness (QED) is 0.857. The summed E-state index contributed by atoms with van der Waals surface area (Å²) in [5.41, 5.74) is 6.29. The largest absolute Gasteiger partial charge is 0.328 e. The molecule has 2 rings (SSSR count). The highest BCUT2D eigenvalue weighted by atomic mass is 35.5. The first-order chi connectivity index (χ1) is 7.56. The third-order valence-electron chi connectivity index (χ3n) is 2.73. The molecular weight excluding hydrogens is 247 g/mol. The summed E-state index contributed by atoms with van der Waals surface area (Å²) in [6, 6.07) is 5.20. The molecule has 3 nitrogen and oxygen atoms in total. The Morgan fingerprint density at radius 2 is 2.00 bits per heavy atom. The Hall–Kier alpha value is -0.770. The number of nitrogens with one attached hydrogen (secondary N) is 1. The van der Waals surface area contributed by atoms with Gasteiger partial charge in [0.15, 0.2) is 0 Å². The van der Waals surface area contributed by atoms with Gasteiger partial charge in [-0.2, -0.15) is 0 Å². The molecule has 0 aromatic heterocycles. The summed E-state index contributed by atoms with van der Waals surface area (Å²) >= 11 is 11.6. The molecule has 1 aromatic rings. The molecule has 5 heteroatoms. The fourth-order valence-corrected chi connectivity index (χ4v) is 1.99. The molecular formula is C11H12Cl2N2O. The molecule has 3 N–H and O–H groups in total. The first-order valence-corrected chi connectivity index (χ1v) is 5.83. The van der Waals surface area contributed by atoms with E-state index in [2.05, 4.69) is 5.32 Å². The number of hydrogen-bond donors (Lipinski definition) is 2. The molecule has 1 fully saturated rings. The second kappa shape index (κ2) is 4.62. The van der Waals surface area contributed by atoms with Crippen LogP contribution in [0.5, 0.6) is 0 Å². The van der Waals surface area contributed by atoms with Gasteiger partial charge in [-0.05, 0) is 31.0 Å². The molecule has 0 spiro atoms. The lowest BCUT2D eigenvalue weighted by molar-refractivity contribution is -0.122. The van der Waals surface area contributed by atoms with Gasteiger partial charge in [0.2, 0.25) is 5.91 Å². The molecule has 1 aliphatic rings. The van der Waals surface area contributed by atoms with Crippen LogP contribution < -0.4 is 11.1 Å². The second-order valence-electron chi connectivity index (χ2n) is 4.05. The van der Waals surface area contributed by atoms with Crippen LogP contribution in [-0.4, -0.2) is 11.9 Å². The zero-order valence-corrected chi connectivity index (χ0v) is 10.1. The molecule has 1 saturated carbocycles. The number of carbonyl (C=O) groups is 1. The molecule has 1 amide bonds. The number of amides is 1. The molecule has 1 aromatic carbocycles. The number of nitrogens with two attached hydrogens (primary N) is 1. The van der Waals surface area contributed by atoms with Gasteiger partial charge < -0.3 is 11.1 Å². The lowest BCUT2D eigenvalue weighted by Crippen LogP contribution is -2.42. The van der Waals surface area contributed by atoms with E-state index < -0.39 is 0 Å². The van der Waals surface area contributed by atoms with Crippen molar-refractivity contribution in [1.29, 1.82) is 0 Å². The Kier molecular flexibility index (Phi) is 3.38. The molecule has 0 unspecified atom stereocenters. The van der Waals surface area contributed by atoms with E-state index in [1.807, 2.05) is 0 Å². The number of benzene rings is 1. The summed E-state index contributed by atoms with van der Waals surface area (Å²) in [7, 11) is 0. The van der Waals surface area contributed by atoms with Gasteiger partial charge in [-0.1, -0.05) is 23.2 Å². The summed E-state index contributed by atoms with van der Waals surface area (Å²) in [5.74, 6) is 0.0320. The maximum atomic E-state index is 11.7. The fraction of sp³-hybridized carbons (Fsp3) is 0.364. The van der Waals surface area contributed by atoms with Crippen molar-refractivity contribution < 1.29 is 4.79 Å². The van der Waals surface area contributed by atoms with Crippen molar-refractivity contribution in [2.24, 2.45) is 11.7 Å². The second-order valence-corrected chi connectivity index (χ2v) is 4.86. The third kappa shape index (κ3) is 2.48. The molecule has 1 aliphatic carbocycles. The van der Waals surface area contributed by atoms with Crippen LogP contribution in [0.2, 0.25) is 10.0 Å².